The average molecular weight is 567 g/mol. The van der Waals surface area contributed by atoms with Crippen LogP contribution < -0.4 is 9.64 Å². The minimum absolute atomic E-state index is 0.0132. The second-order valence-corrected chi connectivity index (χ2v) is 10.9. The molecule has 4 aromatic carbocycles. The molecule has 5 aromatic rings. The Labute approximate surface area is 239 Å². The van der Waals surface area contributed by atoms with Crippen LogP contribution in [0.2, 0.25) is 5.02 Å². The molecule has 0 saturated carbocycles. The number of thiazole rings is 1. The van der Waals surface area contributed by atoms with E-state index in [4.69, 9.17) is 16.3 Å². The molecule has 6 nitrogen and oxygen atoms in total. The third-order valence-electron chi connectivity index (χ3n) is 6.74. The maximum atomic E-state index is 13.5. The molecule has 0 radical (unpaired) electrons. The van der Waals surface area contributed by atoms with Gasteiger partial charge in [-0.2, -0.15) is 0 Å². The molecule has 0 bridgehead atoms. The van der Waals surface area contributed by atoms with E-state index in [9.17, 15) is 14.7 Å². The average Bonchev–Trinajstić information content (AvgIpc) is 3.50. The highest BCUT2D eigenvalue weighted by Crippen LogP contribution is 2.44. The number of Topliss-reactive ketones (excluding diaryl/α,β-unsaturated/α-hetero) is 1. The van der Waals surface area contributed by atoms with Crippen molar-refractivity contribution in [2.45, 2.75) is 19.6 Å². The van der Waals surface area contributed by atoms with Crippen molar-refractivity contribution in [1.82, 2.24) is 4.98 Å². The van der Waals surface area contributed by atoms with Crippen LogP contribution in [0.4, 0.5) is 5.13 Å². The summed E-state index contributed by atoms with van der Waals surface area (Å²) in [5, 5.41) is 12.2. The molecule has 1 unspecified atom stereocenters. The van der Waals surface area contributed by atoms with Gasteiger partial charge in [0.15, 0.2) is 5.13 Å². The largest absolute Gasteiger partial charge is 0.507 e. The first-order chi connectivity index (χ1) is 19.4. The predicted octanol–water partition coefficient (Wildman–Crippen LogP) is 7.46. The number of aliphatic hydroxyl groups excluding tert-OH is 1. The molecule has 1 N–H and O–H groups in total. The Hall–Kier alpha value is -4.46. The lowest BCUT2D eigenvalue weighted by molar-refractivity contribution is -0.132. The third kappa shape index (κ3) is 4.85. The van der Waals surface area contributed by atoms with Crippen molar-refractivity contribution in [2.75, 3.05) is 4.90 Å². The van der Waals surface area contributed by atoms with Gasteiger partial charge in [-0.05, 0) is 72.1 Å². The van der Waals surface area contributed by atoms with Crippen LogP contribution in [0.15, 0.2) is 103 Å². The Morgan fingerprint density at radius 1 is 0.975 bits per heavy atom. The zero-order valence-electron chi connectivity index (χ0n) is 21.4. The molecule has 0 spiro atoms. The Bertz CT molecular complexity index is 1760. The van der Waals surface area contributed by atoms with Crippen molar-refractivity contribution in [2.24, 2.45) is 0 Å². The van der Waals surface area contributed by atoms with Crippen LogP contribution in [0.1, 0.15) is 28.3 Å². The van der Waals surface area contributed by atoms with Crippen molar-refractivity contribution >= 4 is 55.7 Å². The summed E-state index contributed by atoms with van der Waals surface area (Å²) < 4.78 is 6.84. The molecular weight excluding hydrogens is 544 g/mol. The first-order valence-corrected chi connectivity index (χ1v) is 13.8. The number of amides is 1. The van der Waals surface area contributed by atoms with Gasteiger partial charge in [-0.1, -0.05) is 71.5 Å². The van der Waals surface area contributed by atoms with Crippen LogP contribution >= 0.6 is 22.9 Å². The number of carbonyl (C=O) groups excluding carboxylic acids is 2. The Kier molecular flexibility index (Phi) is 6.84. The Morgan fingerprint density at radius 3 is 2.42 bits per heavy atom. The standard InChI is InChI=1S/C32H23ClN2O4S/c1-19-7-16-25-26(17-19)40-32(34-25)35-28(21-10-14-24(15-11-21)39-18-20-5-3-2-4-6-20)27(30(37)31(35)38)29(36)22-8-12-23(33)13-9-22/h2-17,28,36H,18H2,1H3/b29-27+. The van der Waals surface area contributed by atoms with Gasteiger partial charge >= 0.3 is 5.91 Å². The number of aliphatic hydroxyl groups is 1. The number of ketones is 1. The fourth-order valence-electron chi connectivity index (χ4n) is 4.72. The minimum atomic E-state index is -0.888. The van der Waals surface area contributed by atoms with Crippen LogP contribution in [0.5, 0.6) is 5.75 Å². The van der Waals surface area contributed by atoms with Gasteiger partial charge in [0.25, 0.3) is 5.78 Å². The molecular formula is C32H23ClN2O4S. The highest BCUT2D eigenvalue weighted by molar-refractivity contribution is 7.22. The number of carbonyl (C=O) groups is 2. The lowest BCUT2D eigenvalue weighted by Crippen LogP contribution is -2.29. The fraction of sp³-hybridized carbons (Fsp3) is 0.0938. The number of hydrogen-bond donors (Lipinski definition) is 1. The van der Waals surface area contributed by atoms with E-state index >= 15 is 0 Å². The van der Waals surface area contributed by atoms with Gasteiger partial charge in [-0.25, -0.2) is 4.98 Å². The number of benzene rings is 4. The van der Waals surface area contributed by atoms with Crippen LogP contribution in [0, 0.1) is 6.92 Å². The van der Waals surface area contributed by atoms with E-state index in [0.717, 1.165) is 21.3 Å². The zero-order chi connectivity index (χ0) is 27.8. The summed E-state index contributed by atoms with van der Waals surface area (Å²) in [5.41, 5.74) is 3.84. The molecule has 1 atom stereocenters. The van der Waals surface area contributed by atoms with Gasteiger partial charge in [-0.15, -0.1) is 0 Å². The van der Waals surface area contributed by atoms with Gasteiger partial charge in [0.1, 0.15) is 18.1 Å². The van der Waals surface area contributed by atoms with E-state index in [-0.39, 0.29) is 11.3 Å². The topological polar surface area (TPSA) is 79.7 Å². The van der Waals surface area contributed by atoms with E-state index < -0.39 is 17.7 Å². The highest BCUT2D eigenvalue weighted by Gasteiger charge is 2.48. The number of rotatable bonds is 6. The monoisotopic (exact) mass is 566 g/mol. The lowest BCUT2D eigenvalue weighted by Gasteiger charge is -2.23. The van der Waals surface area contributed by atoms with Crippen molar-refractivity contribution in [3.63, 3.8) is 0 Å². The number of fused-ring (bicyclic) bond motifs is 1. The maximum absolute atomic E-state index is 13.5. The number of nitrogens with zero attached hydrogens (tertiary/aromatic N) is 2. The summed E-state index contributed by atoms with van der Waals surface area (Å²) >= 11 is 7.37. The molecule has 2 heterocycles. The van der Waals surface area contributed by atoms with Crippen LogP contribution in [-0.4, -0.2) is 21.8 Å². The maximum Gasteiger partial charge on any atom is 0.301 e. The van der Waals surface area contributed by atoms with Gasteiger partial charge in [0, 0.05) is 10.6 Å². The Morgan fingerprint density at radius 2 is 1.70 bits per heavy atom. The Balaban J connectivity index is 1.43. The summed E-state index contributed by atoms with van der Waals surface area (Å²) in [7, 11) is 0. The quantitative estimate of drug-likeness (QED) is 0.131. The first kappa shape index (κ1) is 25.8. The first-order valence-electron chi connectivity index (χ1n) is 12.6. The van der Waals surface area contributed by atoms with Gasteiger partial charge < -0.3 is 9.84 Å². The lowest BCUT2D eigenvalue weighted by atomic mass is 9.95. The van der Waals surface area contributed by atoms with Crippen molar-refractivity contribution in [3.05, 3.63) is 130 Å². The molecule has 6 rings (SSSR count). The molecule has 40 heavy (non-hydrogen) atoms. The molecule has 1 aliphatic heterocycles. The summed E-state index contributed by atoms with van der Waals surface area (Å²) in [5.74, 6) is -1.17. The summed E-state index contributed by atoms with van der Waals surface area (Å²) in [4.78, 5) is 33.0. The number of halogens is 1. The molecule has 1 amide bonds. The third-order valence-corrected chi connectivity index (χ3v) is 8.01. The van der Waals surface area contributed by atoms with Gasteiger partial charge in [0.2, 0.25) is 0 Å². The van der Waals surface area contributed by atoms with E-state index in [1.165, 1.54) is 16.2 Å². The van der Waals surface area contributed by atoms with E-state index in [1.807, 2.05) is 55.5 Å². The van der Waals surface area contributed by atoms with Gasteiger partial charge in [-0.3, -0.25) is 14.5 Å². The van der Waals surface area contributed by atoms with Crippen LogP contribution in [0.25, 0.3) is 16.0 Å². The van der Waals surface area contributed by atoms with Crippen LogP contribution in [0.3, 0.4) is 0 Å². The number of aryl methyl sites for hydroxylation is 1. The SMILES string of the molecule is Cc1ccc2nc(N3C(=O)C(=O)/C(=C(/O)c4ccc(Cl)cc4)C3c3ccc(OCc4ccccc4)cc3)sc2c1. The summed E-state index contributed by atoms with van der Waals surface area (Å²) in [6.45, 7) is 2.39. The van der Waals surface area contributed by atoms with Crippen molar-refractivity contribution in [1.29, 1.82) is 0 Å². The second-order valence-electron chi connectivity index (χ2n) is 9.49. The number of ether oxygens (including phenoxy) is 1. The van der Waals surface area contributed by atoms with E-state index in [2.05, 4.69) is 4.98 Å². The van der Waals surface area contributed by atoms with Crippen molar-refractivity contribution < 1.29 is 19.4 Å². The number of hydrogen-bond acceptors (Lipinski definition) is 6. The summed E-state index contributed by atoms with van der Waals surface area (Å²) in [6.07, 6.45) is 0. The smallest absolute Gasteiger partial charge is 0.301 e. The van der Waals surface area contributed by atoms with Crippen molar-refractivity contribution in [3.8, 4) is 5.75 Å². The number of aromatic nitrogens is 1. The highest BCUT2D eigenvalue weighted by atomic mass is 35.5. The zero-order valence-corrected chi connectivity index (χ0v) is 22.9. The fourth-order valence-corrected chi connectivity index (χ4v) is 5.93. The normalized spacial score (nSPS) is 16.6. The molecule has 1 saturated heterocycles. The molecule has 0 aliphatic carbocycles. The summed E-state index contributed by atoms with van der Waals surface area (Å²) in [6, 6.07) is 28.4. The molecule has 1 aromatic heterocycles. The molecule has 8 heteroatoms. The van der Waals surface area contributed by atoms with Crippen LogP contribution in [-0.2, 0) is 16.2 Å². The predicted molar refractivity (Wildman–Crippen MR) is 158 cm³/mol. The molecule has 1 aliphatic rings. The van der Waals surface area contributed by atoms with Gasteiger partial charge in [0.05, 0.1) is 21.8 Å². The number of anilines is 1. The molecule has 1 fully saturated rings. The second kappa shape index (κ2) is 10.6. The minimum Gasteiger partial charge on any atom is -0.507 e. The molecule has 198 valence electrons. The van der Waals surface area contributed by atoms with E-state index in [1.54, 1.807) is 48.5 Å². The van der Waals surface area contributed by atoms with E-state index in [0.29, 0.717) is 33.6 Å².